The van der Waals surface area contributed by atoms with Crippen LogP contribution in [0.15, 0.2) is 12.1 Å². The smallest absolute Gasteiger partial charge is 0.198 e. The summed E-state index contributed by atoms with van der Waals surface area (Å²) in [5, 5.41) is 26.5. The van der Waals surface area contributed by atoms with Gasteiger partial charge in [0.05, 0.1) is 37.6 Å². The van der Waals surface area contributed by atoms with Gasteiger partial charge < -0.3 is 29.6 Å². The lowest BCUT2D eigenvalue weighted by Gasteiger charge is -2.14. The van der Waals surface area contributed by atoms with E-state index in [4.69, 9.17) is 40.5 Å². The highest BCUT2D eigenvalue weighted by molar-refractivity contribution is 5.57. The normalized spacial score (nSPS) is 9.43. The van der Waals surface area contributed by atoms with Gasteiger partial charge in [0, 0.05) is 12.6 Å². The van der Waals surface area contributed by atoms with Crippen molar-refractivity contribution in [1.29, 1.82) is 15.8 Å². The van der Waals surface area contributed by atoms with Crippen LogP contribution in [0.5, 0.6) is 23.0 Å². The molecule has 0 saturated heterocycles. The van der Waals surface area contributed by atoms with E-state index in [0.717, 1.165) is 0 Å². The summed E-state index contributed by atoms with van der Waals surface area (Å²) in [5.41, 5.74) is 5.42. The Balaban J connectivity index is 0. The number of hydrogen-bond donors (Lipinski definition) is 1. The lowest BCUT2D eigenvalue weighted by molar-refractivity contribution is 0.275. The quantitative estimate of drug-likeness (QED) is 0.302. The molecule has 0 aliphatic heterocycles. The fourth-order valence-electron chi connectivity index (χ4n) is 3.50. The van der Waals surface area contributed by atoms with Crippen molar-refractivity contribution in [1.82, 2.24) is 4.90 Å². The van der Waals surface area contributed by atoms with Crippen LogP contribution in [-0.4, -0.2) is 51.0 Å². The van der Waals surface area contributed by atoms with Crippen molar-refractivity contribution in [2.75, 3.05) is 46.1 Å². The SMILES string of the molecule is C.CCN(CC)CC.CCOc1cc(C#N)c(C#N)c(F)c1OCC.CCOc1cc(CN)c(C#N)c(F)c1OCC. The van der Waals surface area contributed by atoms with Crippen LogP contribution in [0.1, 0.15) is 78.1 Å². The number of nitrogens with two attached hydrogens (primary N) is 1. The van der Waals surface area contributed by atoms with E-state index in [0.29, 0.717) is 25.4 Å². The third kappa shape index (κ3) is 11.4. The second-order valence-corrected chi connectivity index (χ2v) is 7.88. The summed E-state index contributed by atoms with van der Waals surface area (Å²) < 4.78 is 48.7. The summed E-state index contributed by atoms with van der Waals surface area (Å²) >= 11 is 0. The van der Waals surface area contributed by atoms with Crippen LogP contribution in [0.3, 0.4) is 0 Å². The third-order valence-electron chi connectivity index (χ3n) is 5.54. The van der Waals surface area contributed by atoms with Gasteiger partial charge >= 0.3 is 0 Å². The molecule has 0 aliphatic carbocycles. The standard InChI is InChI=1S/C12H15FN2O2.C12H11FN2O2.C6H15N.CH4/c2*1-3-16-10-5-8(6-14)9(7-15)11(13)12(10)17-4-2;1-4-7(5-2)6-3;/h5H,3-4,6,14H2,1-2H3;5H,3-4H2,1-2H3;4-6H2,1-3H3;1H4. The van der Waals surface area contributed by atoms with Gasteiger partial charge in [-0.1, -0.05) is 28.2 Å². The van der Waals surface area contributed by atoms with Gasteiger partial charge in [0.2, 0.25) is 0 Å². The zero-order valence-electron chi connectivity index (χ0n) is 25.1. The van der Waals surface area contributed by atoms with Gasteiger partial charge in [-0.05, 0) is 59.0 Å². The van der Waals surface area contributed by atoms with Gasteiger partial charge in [0.15, 0.2) is 34.6 Å². The number of rotatable bonds is 12. The minimum Gasteiger partial charge on any atom is -0.490 e. The molecular formula is C31H45F2N5O4. The number of halogens is 2. The van der Waals surface area contributed by atoms with Crippen molar-refractivity contribution >= 4 is 0 Å². The molecule has 2 aromatic carbocycles. The first-order valence-corrected chi connectivity index (χ1v) is 13.6. The predicted molar refractivity (Wildman–Crippen MR) is 160 cm³/mol. The minimum atomic E-state index is -0.850. The van der Waals surface area contributed by atoms with Crippen LogP contribution in [0, 0.1) is 45.6 Å². The molecule has 2 rings (SSSR count). The van der Waals surface area contributed by atoms with Gasteiger partial charge in [-0.3, -0.25) is 0 Å². The Morgan fingerprint density at radius 3 is 1.38 bits per heavy atom. The van der Waals surface area contributed by atoms with Crippen LogP contribution >= 0.6 is 0 Å². The summed E-state index contributed by atoms with van der Waals surface area (Å²) in [6, 6.07) is 8.07. The zero-order chi connectivity index (χ0) is 31.4. The van der Waals surface area contributed by atoms with Crippen LogP contribution in [0.4, 0.5) is 8.78 Å². The van der Waals surface area contributed by atoms with Crippen molar-refractivity contribution in [2.24, 2.45) is 5.73 Å². The first-order valence-electron chi connectivity index (χ1n) is 13.6. The average molecular weight is 590 g/mol. The molecule has 0 radical (unpaired) electrons. The lowest BCUT2D eigenvalue weighted by Crippen LogP contribution is -2.21. The molecule has 42 heavy (non-hydrogen) atoms. The maximum absolute atomic E-state index is 14.0. The van der Waals surface area contributed by atoms with Gasteiger partial charge in [0.1, 0.15) is 23.8 Å². The third-order valence-corrected chi connectivity index (χ3v) is 5.54. The highest BCUT2D eigenvalue weighted by Gasteiger charge is 2.21. The van der Waals surface area contributed by atoms with E-state index >= 15 is 0 Å². The number of hydrogen-bond acceptors (Lipinski definition) is 9. The predicted octanol–water partition coefficient (Wildman–Crippen LogP) is 6.30. The molecular weight excluding hydrogens is 544 g/mol. The molecule has 0 amide bonds. The van der Waals surface area contributed by atoms with Crippen LogP contribution in [-0.2, 0) is 6.54 Å². The molecule has 0 spiro atoms. The Kier molecular flexibility index (Phi) is 21.5. The first kappa shape index (κ1) is 40.0. The molecule has 2 N–H and O–H groups in total. The summed E-state index contributed by atoms with van der Waals surface area (Å²) in [5.74, 6) is -1.28. The van der Waals surface area contributed by atoms with Crippen molar-refractivity contribution in [3.63, 3.8) is 0 Å². The highest BCUT2D eigenvalue weighted by atomic mass is 19.1. The number of benzene rings is 2. The van der Waals surface area contributed by atoms with E-state index < -0.39 is 11.6 Å². The molecule has 0 bridgehead atoms. The molecule has 0 aromatic heterocycles. The van der Waals surface area contributed by atoms with Crippen molar-refractivity contribution in [3.05, 3.63) is 46.0 Å². The van der Waals surface area contributed by atoms with Crippen LogP contribution in [0.2, 0.25) is 0 Å². The van der Waals surface area contributed by atoms with Gasteiger partial charge in [-0.15, -0.1) is 0 Å². The number of ether oxygens (including phenoxy) is 4. The van der Waals surface area contributed by atoms with Gasteiger partial charge in [0.25, 0.3) is 0 Å². The zero-order valence-corrected chi connectivity index (χ0v) is 25.1. The highest BCUT2D eigenvalue weighted by Crippen LogP contribution is 2.35. The van der Waals surface area contributed by atoms with E-state index in [-0.39, 0.29) is 60.3 Å². The molecule has 0 atom stereocenters. The molecule has 0 saturated carbocycles. The first-order chi connectivity index (χ1) is 19.7. The van der Waals surface area contributed by atoms with Crippen molar-refractivity contribution in [3.8, 4) is 41.2 Å². The minimum absolute atomic E-state index is 0. The maximum atomic E-state index is 14.0. The number of nitriles is 3. The monoisotopic (exact) mass is 589 g/mol. The molecule has 0 aliphatic rings. The number of nitrogens with zero attached hydrogens (tertiary/aromatic N) is 4. The average Bonchev–Trinajstić information content (AvgIpc) is 2.98. The Bertz CT molecular complexity index is 1210. The second kappa shape index (κ2) is 22.6. The summed E-state index contributed by atoms with van der Waals surface area (Å²) in [4.78, 5) is 2.38. The summed E-state index contributed by atoms with van der Waals surface area (Å²) in [6.45, 7) is 18.4. The molecule has 232 valence electrons. The van der Waals surface area contributed by atoms with E-state index in [1.165, 1.54) is 25.7 Å². The Labute approximate surface area is 250 Å². The second-order valence-electron chi connectivity index (χ2n) is 7.88. The van der Waals surface area contributed by atoms with E-state index in [2.05, 4.69) is 25.7 Å². The summed E-state index contributed by atoms with van der Waals surface area (Å²) in [7, 11) is 0. The summed E-state index contributed by atoms with van der Waals surface area (Å²) in [6.07, 6.45) is 0. The van der Waals surface area contributed by atoms with Crippen molar-refractivity contribution < 1.29 is 27.7 Å². The largest absolute Gasteiger partial charge is 0.490 e. The maximum Gasteiger partial charge on any atom is 0.198 e. The molecule has 2 aromatic rings. The van der Waals surface area contributed by atoms with E-state index in [1.807, 2.05) is 0 Å². The van der Waals surface area contributed by atoms with Crippen LogP contribution < -0.4 is 24.7 Å². The van der Waals surface area contributed by atoms with E-state index in [9.17, 15) is 8.78 Å². The fourth-order valence-corrected chi connectivity index (χ4v) is 3.50. The van der Waals surface area contributed by atoms with E-state index in [1.54, 1.807) is 52.0 Å². The topological polar surface area (TPSA) is 138 Å². The Morgan fingerprint density at radius 1 is 0.667 bits per heavy atom. The molecule has 9 nitrogen and oxygen atoms in total. The molecule has 11 heteroatoms. The van der Waals surface area contributed by atoms with Crippen LogP contribution in [0.25, 0.3) is 0 Å². The van der Waals surface area contributed by atoms with Gasteiger partial charge in [-0.2, -0.15) is 15.8 Å². The molecule has 0 fully saturated rings. The molecule has 0 heterocycles. The fraction of sp³-hybridized carbons (Fsp3) is 0.516. The Hall–Kier alpha value is -4.11. The lowest BCUT2D eigenvalue weighted by atomic mass is 10.1. The Morgan fingerprint density at radius 2 is 1.07 bits per heavy atom. The van der Waals surface area contributed by atoms with Crippen molar-refractivity contribution in [2.45, 2.75) is 62.4 Å². The van der Waals surface area contributed by atoms with Gasteiger partial charge in [-0.25, -0.2) is 8.78 Å². The molecule has 0 unspecified atom stereocenters.